The molecule has 0 aliphatic carbocycles. The van der Waals surface area contributed by atoms with E-state index in [9.17, 15) is 13.2 Å². The highest BCUT2D eigenvalue weighted by molar-refractivity contribution is 7.88. The molecule has 0 heterocycles. The van der Waals surface area contributed by atoms with E-state index in [1.807, 2.05) is 19.1 Å². The van der Waals surface area contributed by atoms with E-state index in [2.05, 4.69) is 5.32 Å². The molecule has 2 aromatic carbocycles. The summed E-state index contributed by atoms with van der Waals surface area (Å²) in [7, 11) is -1.71. The maximum Gasteiger partial charge on any atom is 0.262 e. The Morgan fingerprint density at radius 1 is 1.07 bits per heavy atom. The van der Waals surface area contributed by atoms with Crippen molar-refractivity contribution in [2.75, 3.05) is 31.8 Å². The lowest BCUT2D eigenvalue weighted by molar-refractivity contribution is -0.118. The van der Waals surface area contributed by atoms with Crippen LogP contribution in [0.3, 0.4) is 0 Å². The zero-order valence-electron chi connectivity index (χ0n) is 15.6. The summed E-state index contributed by atoms with van der Waals surface area (Å²) >= 11 is 0. The van der Waals surface area contributed by atoms with Crippen LogP contribution in [0, 0.1) is 0 Å². The normalized spacial score (nSPS) is 11.3. The molecule has 0 saturated carbocycles. The number of rotatable bonds is 9. The first-order valence-corrected chi connectivity index (χ1v) is 10.3. The van der Waals surface area contributed by atoms with Crippen LogP contribution in [0.1, 0.15) is 12.5 Å². The van der Waals surface area contributed by atoms with Gasteiger partial charge < -0.3 is 14.8 Å². The van der Waals surface area contributed by atoms with E-state index in [-0.39, 0.29) is 19.1 Å². The molecule has 0 unspecified atom stereocenters. The first-order chi connectivity index (χ1) is 12.8. The highest BCUT2D eigenvalue weighted by Gasteiger charge is 2.11. The number of nitrogens with one attached hydrogen (secondary N) is 1. The molecule has 0 aromatic heterocycles. The van der Waals surface area contributed by atoms with Gasteiger partial charge in [-0.15, -0.1) is 0 Å². The van der Waals surface area contributed by atoms with Crippen LogP contribution >= 0.6 is 0 Å². The predicted octanol–water partition coefficient (Wildman–Crippen LogP) is 2.49. The lowest BCUT2D eigenvalue weighted by atomic mass is 10.2. The van der Waals surface area contributed by atoms with Gasteiger partial charge in [-0.05, 0) is 36.8 Å². The van der Waals surface area contributed by atoms with Crippen LogP contribution in [-0.2, 0) is 21.4 Å². The van der Waals surface area contributed by atoms with Crippen molar-refractivity contribution in [3.63, 3.8) is 0 Å². The maximum atomic E-state index is 12.1. The molecule has 146 valence electrons. The van der Waals surface area contributed by atoms with Crippen LogP contribution in [0.25, 0.3) is 0 Å². The minimum absolute atomic E-state index is 0.150. The van der Waals surface area contributed by atoms with Crippen molar-refractivity contribution in [2.24, 2.45) is 0 Å². The lowest BCUT2D eigenvalue weighted by Crippen LogP contribution is -2.24. The number of hydrogen-bond donors (Lipinski definition) is 1. The van der Waals surface area contributed by atoms with Gasteiger partial charge in [0.15, 0.2) is 6.61 Å². The third kappa shape index (κ3) is 6.58. The van der Waals surface area contributed by atoms with E-state index < -0.39 is 10.0 Å². The van der Waals surface area contributed by atoms with Crippen LogP contribution < -0.4 is 14.8 Å². The molecule has 0 fully saturated rings. The molecule has 0 bridgehead atoms. The number of anilines is 1. The van der Waals surface area contributed by atoms with Crippen molar-refractivity contribution in [1.29, 1.82) is 0 Å². The Morgan fingerprint density at radius 3 is 2.37 bits per heavy atom. The van der Waals surface area contributed by atoms with Crippen LogP contribution in [0.2, 0.25) is 0 Å². The molecule has 0 spiro atoms. The summed E-state index contributed by atoms with van der Waals surface area (Å²) in [6, 6.07) is 14.1. The van der Waals surface area contributed by atoms with Gasteiger partial charge in [-0.3, -0.25) is 4.79 Å². The molecular formula is C19H24N2O5S. The number of benzene rings is 2. The lowest BCUT2D eigenvalue weighted by Gasteiger charge is -2.14. The summed E-state index contributed by atoms with van der Waals surface area (Å²) in [5.41, 5.74) is 1.41. The molecule has 27 heavy (non-hydrogen) atoms. The monoisotopic (exact) mass is 392 g/mol. The van der Waals surface area contributed by atoms with Gasteiger partial charge in [0.25, 0.3) is 5.91 Å². The fourth-order valence-corrected chi connectivity index (χ4v) is 2.64. The Kier molecular flexibility index (Phi) is 7.20. The van der Waals surface area contributed by atoms with E-state index in [0.29, 0.717) is 23.8 Å². The Balaban J connectivity index is 1.88. The Hall–Kier alpha value is -2.58. The molecular weight excluding hydrogens is 368 g/mol. The molecule has 2 rings (SSSR count). The molecule has 0 saturated heterocycles. The summed E-state index contributed by atoms with van der Waals surface area (Å²) in [4.78, 5) is 12.1. The van der Waals surface area contributed by atoms with Gasteiger partial charge >= 0.3 is 0 Å². The standard InChI is InChI=1S/C19H24N2O5S/c1-4-25-18-8-6-5-7-17(18)20-19(22)14-26-16-11-9-15(10-12-16)13-21(2)27(3,23)24/h5-12H,4,13-14H2,1-3H3,(H,20,22). The predicted molar refractivity (Wildman–Crippen MR) is 104 cm³/mol. The molecule has 8 heteroatoms. The van der Waals surface area contributed by atoms with Gasteiger partial charge in [0, 0.05) is 13.6 Å². The van der Waals surface area contributed by atoms with Crippen molar-refractivity contribution in [1.82, 2.24) is 4.31 Å². The Morgan fingerprint density at radius 2 is 1.74 bits per heavy atom. The van der Waals surface area contributed by atoms with Gasteiger partial charge in [0.2, 0.25) is 10.0 Å². The van der Waals surface area contributed by atoms with Gasteiger partial charge in [-0.2, -0.15) is 0 Å². The van der Waals surface area contributed by atoms with E-state index >= 15 is 0 Å². The topological polar surface area (TPSA) is 84.9 Å². The summed E-state index contributed by atoms with van der Waals surface area (Å²) in [5, 5.41) is 2.76. The Bertz CT molecular complexity index is 866. The van der Waals surface area contributed by atoms with Crippen LogP contribution in [0.15, 0.2) is 48.5 Å². The number of amides is 1. The van der Waals surface area contributed by atoms with Crippen LogP contribution in [0.4, 0.5) is 5.69 Å². The van der Waals surface area contributed by atoms with Crippen LogP contribution in [0.5, 0.6) is 11.5 Å². The van der Waals surface area contributed by atoms with E-state index in [4.69, 9.17) is 9.47 Å². The number of nitrogens with zero attached hydrogens (tertiary/aromatic N) is 1. The number of hydrogen-bond acceptors (Lipinski definition) is 5. The van der Waals surface area contributed by atoms with Crippen molar-refractivity contribution in [3.05, 3.63) is 54.1 Å². The molecule has 0 aliphatic heterocycles. The van der Waals surface area contributed by atoms with Gasteiger partial charge in [0.1, 0.15) is 11.5 Å². The number of sulfonamides is 1. The van der Waals surface area contributed by atoms with Gasteiger partial charge in [-0.1, -0.05) is 24.3 Å². The van der Waals surface area contributed by atoms with Gasteiger partial charge in [-0.25, -0.2) is 12.7 Å². The van der Waals surface area contributed by atoms with Crippen molar-refractivity contribution in [3.8, 4) is 11.5 Å². The number of carbonyl (C=O) groups excluding carboxylic acids is 1. The molecule has 2 aromatic rings. The minimum Gasteiger partial charge on any atom is -0.492 e. The van der Waals surface area contributed by atoms with E-state index in [1.54, 1.807) is 36.4 Å². The second kappa shape index (κ2) is 9.38. The summed E-state index contributed by atoms with van der Waals surface area (Å²) in [5.74, 6) is 0.824. The summed E-state index contributed by atoms with van der Waals surface area (Å²) in [6.45, 7) is 2.50. The third-order valence-corrected chi connectivity index (χ3v) is 4.99. The average Bonchev–Trinajstić information content (AvgIpc) is 2.62. The molecule has 1 N–H and O–H groups in total. The molecule has 7 nitrogen and oxygen atoms in total. The quantitative estimate of drug-likeness (QED) is 0.709. The molecule has 1 amide bonds. The first-order valence-electron chi connectivity index (χ1n) is 8.44. The number of para-hydroxylation sites is 2. The summed E-state index contributed by atoms with van der Waals surface area (Å²) in [6.07, 6.45) is 1.16. The molecule has 0 radical (unpaired) electrons. The molecule has 0 aliphatic rings. The highest BCUT2D eigenvalue weighted by Crippen LogP contribution is 2.23. The summed E-state index contributed by atoms with van der Waals surface area (Å²) < 4.78 is 35.1. The second-order valence-electron chi connectivity index (χ2n) is 5.93. The maximum absolute atomic E-state index is 12.1. The SMILES string of the molecule is CCOc1ccccc1NC(=O)COc1ccc(CN(C)S(C)(=O)=O)cc1. The van der Waals surface area contributed by atoms with E-state index in [1.165, 1.54) is 11.4 Å². The second-order valence-corrected chi connectivity index (χ2v) is 8.02. The fraction of sp³-hybridized carbons (Fsp3) is 0.316. The number of ether oxygens (including phenoxy) is 2. The minimum atomic E-state index is -3.23. The zero-order chi connectivity index (χ0) is 19.9. The fourth-order valence-electron chi connectivity index (χ4n) is 2.25. The largest absolute Gasteiger partial charge is 0.492 e. The third-order valence-electron chi connectivity index (χ3n) is 3.73. The average molecular weight is 392 g/mol. The van der Waals surface area contributed by atoms with Crippen molar-refractivity contribution >= 4 is 21.6 Å². The number of carbonyl (C=O) groups is 1. The smallest absolute Gasteiger partial charge is 0.262 e. The van der Waals surface area contributed by atoms with Crippen molar-refractivity contribution < 1.29 is 22.7 Å². The Labute approximate surface area is 160 Å². The highest BCUT2D eigenvalue weighted by atomic mass is 32.2. The van der Waals surface area contributed by atoms with Crippen molar-refractivity contribution in [2.45, 2.75) is 13.5 Å². The zero-order valence-corrected chi connectivity index (χ0v) is 16.5. The first kappa shape index (κ1) is 20.7. The van der Waals surface area contributed by atoms with Crippen LogP contribution in [-0.4, -0.2) is 45.1 Å². The van der Waals surface area contributed by atoms with E-state index in [0.717, 1.165) is 11.8 Å². The van der Waals surface area contributed by atoms with Gasteiger partial charge in [0.05, 0.1) is 18.6 Å². The molecule has 0 atom stereocenters.